The summed E-state index contributed by atoms with van der Waals surface area (Å²) in [4.78, 5) is 26.5. The first-order valence-corrected chi connectivity index (χ1v) is 9.14. The molecule has 2 saturated heterocycles. The first kappa shape index (κ1) is 17.9. The number of amides is 2. The van der Waals surface area contributed by atoms with Crippen molar-refractivity contribution in [3.8, 4) is 0 Å². The molecule has 0 aliphatic carbocycles. The maximum absolute atomic E-state index is 12.5. The highest BCUT2D eigenvalue weighted by atomic mass is 16.5. The third-order valence-electron chi connectivity index (χ3n) is 4.68. The highest BCUT2D eigenvalue weighted by Crippen LogP contribution is 2.15. The molecule has 1 aromatic heterocycles. The van der Waals surface area contributed by atoms with Crippen LogP contribution in [0.1, 0.15) is 37.9 Å². The number of nitrogens with one attached hydrogen (secondary N) is 2. The molecule has 2 aliphatic heterocycles. The first-order valence-electron chi connectivity index (χ1n) is 9.14. The molecule has 0 saturated carbocycles. The van der Waals surface area contributed by atoms with E-state index in [1.165, 1.54) is 0 Å². The summed E-state index contributed by atoms with van der Waals surface area (Å²) < 4.78 is 11.1. The molecule has 0 bridgehead atoms. The van der Waals surface area contributed by atoms with Crippen molar-refractivity contribution in [2.45, 2.75) is 50.8 Å². The number of carbonyl (C=O) groups excluding carboxylic acids is 2. The van der Waals surface area contributed by atoms with Crippen LogP contribution in [0.5, 0.6) is 0 Å². The number of furan rings is 1. The lowest BCUT2D eigenvalue weighted by atomic mass is 10.1. The molecule has 138 valence electrons. The van der Waals surface area contributed by atoms with Crippen LogP contribution in [-0.2, 0) is 20.9 Å². The molecule has 2 aliphatic rings. The van der Waals surface area contributed by atoms with E-state index >= 15 is 0 Å². The van der Waals surface area contributed by atoms with Gasteiger partial charge in [0.05, 0.1) is 25.5 Å². The van der Waals surface area contributed by atoms with E-state index in [-0.39, 0.29) is 24.5 Å². The molecule has 2 N–H and O–H groups in total. The van der Waals surface area contributed by atoms with Crippen molar-refractivity contribution < 1.29 is 18.7 Å². The molecule has 2 atom stereocenters. The van der Waals surface area contributed by atoms with Crippen LogP contribution >= 0.6 is 0 Å². The lowest BCUT2D eigenvalue weighted by Gasteiger charge is -2.25. The predicted octanol–water partition coefficient (Wildman–Crippen LogP) is 1.05. The highest BCUT2D eigenvalue weighted by molar-refractivity contribution is 5.88. The minimum Gasteiger partial charge on any atom is -0.468 e. The van der Waals surface area contributed by atoms with Crippen molar-refractivity contribution >= 4 is 11.8 Å². The molecule has 3 rings (SSSR count). The zero-order valence-corrected chi connectivity index (χ0v) is 14.5. The minimum absolute atomic E-state index is 0.0810. The van der Waals surface area contributed by atoms with Gasteiger partial charge in [-0.3, -0.25) is 14.5 Å². The van der Waals surface area contributed by atoms with E-state index in [0.29, 0.717) is 26.1 Å². The van der Waals surface area contributed by atoms with Crippen LogP contribution in [0.15, 0.2) is 22.8 Å². The summed E-state index contributed by atoms with van der Waals surface area (Å²) >= 11 is 0. The van der Waals surface area contributed by atoms with Gasteiger partial charge in [-0.2, -0.15) is 0 Å². The zero-order valence-electron chi connectivity index (χ0n) is 14.5. The van der Waals surface area contributed by atoms with Crippen molar-refractivity contribution in [3.63, 3.8) is 0 Å². The van der Waals surface area contributed by atoms with E-state index in [9.17, 15) is 9.59 Å². The fourth-order valence-corrected chi connectivity index (χ4v) is 3.40. The summed E-state index contributed by atoms with van der Waals surface area (Å²) in [6.07, 6.45) is 6.47. The Morgan fingerprint density at radius 1 is 1.32 bits per heavy atom. The van der Waals surface area contributed by atoms with Gasteiger partial charge in [-0.05, 0) is 44.2 Å². The maximum Gasteiger partial charge on any atom is 0.242 e. The van der Waals surface area contributed by atoms with Crippen LogP contribution in [0.2, 0.25) is 0 Å². The fourth-order valence-electron chi connectivity index (χ4n) is 3.40. The second kappa shape index (κ2) is 9.01. The maximum atomic E-state index is 12.5. The molecule has 2 fully saturated rings. The van der Waals surface area contributed by atoms with Crippen LogP contribution < -0.4 is 10.6 Å². The van der Waals surface area contributed by atoms with E-state index in [1.807, 2.05) is 17.0 Å². The second-order valence-corrected chi connectivity index (χ2v) is 6.79. The number of ether oxygens (including phenoxy) is 1. The number of hydrogen-bond donors (Lipinski definition) is 2. The normalized spacial score (nSPS) is 24.1. The van der Waals surface area contributed by atoms with Gasteiger partial charge in [0, 0.05) is 19.7 Å². The van der Waals surface area contributed by atoms with Crippen LogP contribution in [0.3, 0.4) is 0 Å². The van der Waals surface area contributed by atoms with Gasteiger partial charge < -0.3 is 19.8 Å². The Balaban J connectivity index is 1.55. The molecule has 0 aromatic carbocycles. The molecule has 2 amide bonds. The number of rotatable bonds is 7. The van der Waals surface area contributed by atoms with Crippen molar-refractivity contribution in [1.82, 2.24) is 15.5 Å². The van der Waals surface area contributed by atoms with Gasteiger partial charge >= 0.3 is 0 Å². The third-order valence-corrected chi connectivity index (χ3v) is 4.68. The molecular weight excluding hydrogens is 322 g/mol. The molecule has 25 heavy (non-hydrogen) atoms. The van der Waals surface area contributed by atoms with E-state index in [4.69, 9.17) is 9.15 Å². The summed E-state index contributed by atoms with van der Waals surface area (Å²) in [5.74, 6) is 0.604. The Hall–Kier alpha value is -1.86. The van der Waals surface area contributed by atoms with Gasteiger partial charge in [0.1, 0.15) is 11.8 Å². The third kappa shape index (κ3) is 5.57. The Labute approximate surface area is 148 Å². The van der Waals surface area contributed by atoms with E-state index in [1.54, 1.807) is 6.26 Å². The van der Waals surface area contributed by atoms with Crippen molar-refractivity contribution in [2.24, 2.45) is 0 Å². The molecule has 0 radical (unpaired) electrons. The summed E-state index contributed by atoms with van der Waals surface area (Å²) in [6.45, 7) is 2.94. The van der Waals surface area contributed by atoms with Gasteiger partial charge in [-0.15, -0.1) is 0 Å². The van der Waals surface area contributed by atoms with Gasteiger partial charge in [0.2, 0.25) is 11.8 Å². The van der Waals surface area contributed by atoms with Crippen LogP contribution in [0.4, 0.5) is 0 Å². The fraction of sp³-hybridized carbons (Fsp3) is 0.667. The number of nitrogens with zero attached hydrogens (tertiary/aromatic N) is 1. The molecule has 0 spiro atoms. The van der Waals surface area contributed by atoms with Gasteiger partial charge in [0.15, 0.2) is 0 Å². The quantitative estimate of drug-likeness (QED) is 0.769. The average Bonchev–Trinajstić information content (AvgIpc) is 3.23. The minimum atomic E-state index is -0.428. The molecule has 2 unspecified atom stereocenters. The summed E-state index contributed by atoms with van der Waals surface area (Å²) in [6, 6.07) is 3.32. The molecule has 7 nitrogen and oxygen atoms in total. The summed E-state index contributed by atoms with van der Waals surface area (Å²) in [7, 11) is 0. The molecule has 3 heterocycles. The highest BCUT2D eigenvalue weighted by Gasteiger charge is 2.25. The average molecular weight is 349 g/mol. The largest absolute Gasteiger partial charge is 0.468 e. The summed E-state index contributed by atoms with van der Waals surface area (Å²) in [5.41, 5.74) is 0. The predicted molar refractivity (Wildman–Crippen MR) is 91.8 cm³/mol. The van der Waals surface area contributed by atoms with E-state index < -0.39 is 6.04 Å². The number of carbonyl (C=O) groups is 2. The first-order chi connectivity index (χ1) is 12.2. The SMILES string of the molecule is O=C(CN(Cc1ccco1)CC1CCCO1)NC1CCCCNC1=O. The Morgan fingerprint density at radius 3 is 3.00 bits per heavy atom. The van der Waals surface area contributed by atoms with Crippen molar-refractivity contribution in [1.29, 1.82) is 0 Å². The Morgan fingerprint density at radius 2 is 2.24 bits per heavy atom. The smallest absolute Gasteiger partial charge is 0.242 e. The monoisotopic (exact) mass is 349 g/mol. The van der Waals surface area contributed by atoms with Crippen molar-refractivity contribution in [3.05, 3.63) is 24.2 Å². The standard InChI is InChI=1S/C18H27N3O4/c22-17(20-16-7-1-2-8-19-18(16)23)13-21(11-14-5-3-9-24-14)12-15-6-4-10-25-15/h3,5,9,15-16H,1-2,4,6-8,10-13H2,(H,19,23)(H,20,22). The topological polar surface area (TPSA) is 83.8 Å². The zero-order chi connectivity index (χ0) is 17.5. The Kier molecular flexibility index (Phi) is 6.47. The van der Waals surface area contributed by atoms with Gasteiger partial charge in [-0.25, -0.2) is 0 Å². The van der Waals surface area contributed by atoms with E-state index in [0.717, 1.165) is 38.1 Å². The molecular formula is C18H27N3O4. The van der Waals surface area contributed by atoms with Crippen LogP contribution in [-0.4, -0.2) is 55.1 Å². The van der Waals surface area contributed by atoms with Gasteiger partial charge in [-0.1, -0.05) is 0 Å². The lowest BCUT2D eigenvalue weighted by molar-refractivity contribution is -0.129. The molecule has 1 aromatic rings. The van der Waals surface area contributed by atoms with Gasteiger partial charge in [0.25, 0.3) is 0 Å². The molecule has 7 heteroatoms. The second-order valence-electron chi connectivity index (χ2n) is 6.79. The summed E-state index contributed by atoms with van der Waals surface area (Å²) in [5, 5.41) is 5.73. The number of hydrogen-bond acceptors (Lipinski definition) is 5. The van der Waals surface area contributed by atoms with E-state index in [2.05, 4.69) is 10.6 Å². The van der Waals surface area contributed by atoms with Crippen molar-refractivity contribution in [2.75, 3.05) is 26.2 Å². The van der Waals surface area contributed by atoms with Crippen LogP contribution in [0, 0.1) is 0 Å². The van der Waals surface area contributed by atoms with Crippen LogP contribution in [0.25, 0.3) is 0 Å². The lowest BCUT2D eigenvalue weighted by Crippen LogP contribution is -2.49. The Bertz CT molecular complexity index is 555.